The van der Waals surface area contributed by atoms with Crippen LogP contribution < -0.4 is 5.73 Å². The Hall–Kier alpha value is -0.610. The first-order valence-electron chi connectivity index (χ1n) is 6.88. The van der Waals surface area contributed by atoms with Gasteiger partial charge in [-0.3, -0.25) is 4.79 Å². The zero-order valence-corrected chi connectivity index (χ0v) is 10.7. The van der Waals surface area contributed by atoms with Crippen molar-refractivity contribution in [2.45, 2.75) is 51.2 Å². The van der Waals surface area contributed by atoms with Crippen molar-refractivity contribution in [2.75, 3.05) is 19.7 Å². The number of carbonyl (C=O) groups excluding carboxylic acids is 1. The minimum Gasteiger partial charge on any atom is -0.376 e. The Morgan fingerprint density at radius 1 is 1.35 bits per heavy atom. The number of ether oxygens (including phenoxy) is 1. The maximum atomic E-state index is 12.4. The van der Waals surface area contributed by atoms with Crippen LogP contribution in [0.1, 0.15) is 39.0 Å². The fraction of sp³-hybridized carbons (Fsp3) is 0.923. The van der Waals surface area contributed by atoms with Gasteiger partial charge in [0.15, 0.2) is 0 Å². The Morgan fingerprint density at radius 2 is 2.18 bits per heavy atom. The third-order valence-electron chi connectivity index (χ3n) is 4.03. The molecule has 4 nitrogen and oxygen atoms in total. The van der Waals surface area contributed by atoms with Crippen molar-refractivity contribution in [2.24, 2.45) is 11.7 Å². The lowest BCUT2D eigenvalue weighted by Crippen LogP contribution is -2.44. The Labute approximate surface area is 103 Å². The second-order valence-electron chi connectivity index (χ2n) is 5.21. The van der Waals surface area contributed by atoms with Crippen LogP contribution >= 0.6 is 0 Å². The summed E-state index contributed by atoms with van der Waals surface area (Å²) >= 11 is 0. The van der Waals surface area contributed by atoms with Gasteiger partial charge in [-0.25, -0.2) is 0 Å². The van der Waals surface area contributed by atoms with Gasteiger partial charge in [0.2, 0.25) is 5.91 Å². The molecule has 1 heterocycles. The van der Waals surface area contributed by atoms with Crippen LogP contribution in [0.3, 0.4) is 0 Å². The quantitative estimate of drug-likeness (QED) is 0.801. The van der Waals surface area contributed by atoms with Crippen LogP contribution in [-0.4, -0.2) is 42.6 Å². The average molecular weight is 240 g/mol. The minimum atomic E-state index is 0.0522. The molecule has 0 spiro atoms. The molecule has 2 rings (SSSR count). The molecule has 0 aromatic carbocycles. The lowest BCUT2D eigenvalue weighted by molar-refractivity contribution is -0.137. The summed E-state index contributed by atoms with van der Waals surface area (Å²) in [7, 11) is 0. The fourth-order valence-electron chi connectivity index (χ4n) is 2.94. The monoisotopic (exact) mass is 240 g/mol. The van der Waals surface area contributed by atoms with Gasteiger partial charge in [0.1, 0.15) is 0 Å². The highest BCUT2D eigenvalue weighted by molar-refractivity contribution is 5.79. The molecule has 1 saturated heterocycles. The van der Waals surface area contributed by atoms with E-state index < -0.39 is 0 Å². The Balaban J connectivity index is 1.89. The van der Waals surface area contributed by atoms with Crippen molar-refractivity contribution < 1.29 is 9.53 Å². The minimum absolute atomic E-state index is 0.0522. The van der Waals surface area contributed by atoms with Crippen LogP contribution in [-0.2, 0) is 9.53 Å². The van der Waals surface area contributed by atoms with Crippen molar-refractivity contribution in [1.82, 2.24) is 4.90 Å². The van der Waals surface area contributed by atoms with Crippen molar-refractivity contribution in [3.8, 4) is 0 Å². The van der Waals surface area contributed by atoms with Gasteiger partial charge in [-0.05, 0) is 32.6 Å². The molecular weight excluding hydrogens is 216 g/mol. The molecule has 17 heavy (non-hydrogen) atoms. The summed E-state index contributed by atoms with van der Waals surface area (Å²) in [5.74, 6) is 0.296. The van der Waals surface area contributed by atoms with E-state index in [4.69, 9.17) is 10.5 Å². The molecule has 0 radical (unpaired) electrons. The molecule has 4 heteroatoms. The summed E-state index contributed by atoms with van der Waals surface area (Å²) in [5, 5.41) is 0. The van der Waals surface area contributed by atoms with E-state index in [0.29, 0.717) is 0 Å². The van der Waals surface area contributed by atoms with Crippen molar-refractivity contribution in [3.05, 3.63) is 0 Å². The molecule has 1 saturated carbocycles. The van der Waals surface area contributed by atoms with Gasteiger partial charge < -0.3 is 15.4 Å². The fourth-order valence-corrected chi connectivity index (χ4v) is 2.94. The summed E-state index contributed by atoms with van der Waals surface area (Å²) in [4.78, 5) is 14.3. The van der Waals surface area contributed by atoms with Crippen molar-refractivity contribution in [1.29, 1.82) is 0 Å². The molecule has 0 bridgehead atoms. The molecule has 2 aliphatic rings. The lowest BCUT2D eigenvalue weighted by atomic mass is 10.0. The molecule has 1 amide bonds. The Morgan fingerprint density at radius 3 is 2.71 bits per heavy atom. The summed E-state index contributed by atoms with van der Waals surface area (Å²) in [6, 6.07) is 0.0704. The largest absolute Gasteiger partial charge is 0.376 e. The van der Waals surface area contributed by atoms with E-state index in [1.165, 1.54) is 0 Å². The van der Waals surface area contributed by atoms with Gasteiger partial charge in [0, 0.05) is 25.7 Å². The smallest absolute Gasteiger partial charge is 0.227 e. The number of amides is 1. The van der Waals surface area contributed by atoms with Crippen LogP contribution in [0, 0.1) is 5.92 Å². The highest BCUT2D eigenvalue weighted by atomic mass is 16.5. The molecule has 1 aliphatic heterocycles. The second kappa shape index (κ2) is 5.83. The molecule has 0 aromatic rings. The highest BCUT2D eigenvalue weighted by Crippen LogP contribution is 2.26. The van der Waals surface area contributed by atoms with Gasteiger partial charge in [0.25, 0.3) is 0 Å². The van der Waals surface area contributed by atoms with Gasteiger partial charge >= 0.3 is 0 Å². The number of nitrogens with two attached hydrogens (primary N) is 1. The maximum Gasteiger partial charge on any atom is 0.227 e. The van der Waals surface area contributed by atoms with Crippen molar-refractivity contribution >= 4 is 5.91 Å². The van der Waals surface area contributed by atoms with Crippen LogP contribution in [0.4, 0.5) is 0 Å². The SMILES string of the molecule is CCN(CC1CCCO1)C(=O)C1CCCC1N. The van der Waals surface area contributed by atoms with Crippen LogP contribution in [0.2, 0.25) is 0 Å². The first kappa shape index (κ1) is 12.8. The summed E-state index contributed by atoms with van der Waals surface area (Å²) in [6.07, 6.45) is 5.50. The summed E-state index contributed by atoms with van der Waals surface area (Å²) in [6.45, 7) is 4.40. The maximum absolute atomic E-state index is 12.4. The normalized spacial score (nSPS) is 32.9. The van der Waals surface area contributed by atoms with E-state index in [1.807, 2.05) is 11.8 Å². The molecular formula is C13H24N2O2. The van der Waals surface area contributed by atoms with Crippen molar-refractivity contribution in [3.63, 3.8) is 0 Å². The molecule has 2 fully saturated rings. The molecule has 0 aromatic heterocycles. The highest BCUT2D eigenvalue weighted by Gasteiger charge is 2.33. The standard InChI is InChI=1S/C13H24N2O2/c1-2-15(9-10-5-4-8-17-10)13(16)11-6-3-7-12(11)14/h10-12H,2-9,14H2,1H3. The van der Waals surface area contributed by atoms with E-state index in [9.17, 15) is 4.79 Å². The number of hydrogen-bond acceptors (Lipinski definition) is 3. The lowest BCUT2D eigenvalue weighted by Gasteiger charge is -2.28. The average Bonchev–Trinajstić information content (AvgIpc) is 2.96. The van der Waals surface area contributed by atoms with Gasteiger partial charge in [-0.1, -0.05) is 6.42 Å². The van der Waals surface area contributed by atoms with Crippen LogP contribution in [0.5, 0.6) is 0 Å². The Bertz CT molecular complexity index is 264. The third-order valence-corrected chi connectivity index (χ3v) is 4.03. The molecule has 1 aliphatic carbocycles. The first-order chi connectivity index (χ1) is 8.22. The van der Waals surface area contributed by atoms with E-state index >= 15 is 0 Å². The third kappa shape index (κ3) is 2.99. The van der Waals surface area contributed by atoms with E-state index in [-0.39, 0.29) is 24.0 Å². The van der Waals surface area contributed by atoms with Crippen LogP contribution in [0.25, 0.3) is 0 Å². The number of carbonyl (C=O) groups is 1. The van der Waals surface area contributed by atoms with Crippen LogP contribution in [0.15, 0.2) is 0 Å². The summed E-state index contributed by atoms with van der Waals surface area (Å²) < 4.78 is 5.60. The van der Waals surface area contributed by atoms with E-state index in [2.05, 4.69) is 0 Å². The zero-order valence-electron chi connectivity index (χ0n) is 10.7. The van der Waals surface area contributed by atoms with E-state index in [0.717, 1.165) is 51.8 Å². The molecule has 3 unspecified atom stereocenters. The second-order valence-corrected chi connectivity index (χ2v) is 5.21. The predicted molar refractivity (Wildman–Crippen MR) is 66.5 cm³/mol. The Kier molecular flexibility index (Phi) is 4.40. The van der Waals surface area contributed by atoms with Gasteiger partial charge in [-0.15, -0.1) is 0 Å². The number of nitrogens with zero attached hydrogens (tertiary/aromatic N) is 1. The van der Waals surface area contributed by atoms with Gasteiger partial charge in [-0.2, -0.15) is 0 Å². The topological polar surface area (TPSA) is 55.6 Å². The summed E-state index contributed by atoms with van der Waals surface area (Å²) in [5.41, 5.74) is 6.00. The molecule has 3 atom stereocenters. The predicted octanol–water partition coefficient (Wildman–Crippen LogP) is 1.14. The number of likely N-dealkylation sites (N-methyl/N-ethyl adjacent to an activating group) is 1. The van der Waals surface area contributed by atoms with Gasteiger partial charge in [0.05, 0.1) is 12.0 Å². The molecule has 98 valence electrons. The van der Waals surface area contributed by atoms with E-state index in [1.54, 1.807) is 0 Å². The number of hydrogen-bond donors (Lipinski definition) is 1. The molecule has 2 N–H and O–H groups in total. The number of rotatable bonds is 4. The zero-order chi connectivity index (χ0) is 12.3. The first-order valence-corrected chi connectivity index (χ1v) is 6.88.